The molecule has 0 radical (unpaired) electrons. The van der Waals surface area contributed by atoms with E-state index in [1.54, 1.807) is 19.1 Å². The Balaban J connectivity index is 1.15. The summed E-state index contributed by atoms with van der Waals surface area (Å²) in [6.45, 7) is 4.06. The Kier molecular flexibility index (Phi) is 8.51. The van der Waals surface area contributed by atoms with Gasteiger partial charge in [-0.05, 0) is 29.8 Å². The first-order chi connectivity index (χ1) is 17.5. The first-order valence-corrected chi connectivity index (χ1v) is 12.0. The molecule has 10 heteroatoms. The van der Waals surface area contributed by atoms with E-state index in [2.05, 4.69) is 20.4 Å². The zero-order valence-electron chi connectivity index (χ0n) is 20.7. The summed E-state index contributed by atoms with van der Waals surface area (Å²) < 4.78 is 10.6. The van der Waals surface area contributed by atoms with E-state index < -0.39 is 0 Å². The van der Waals surface area contributed by atoms with Gasteiger partial charge >= 0.3 is 6.03 Å². The van der Waals surface area contributed by atoms with Gasteiger partial charge < -0.3 is 24.4 Å². The van der Waals surface area contributed by atoms with E-state index in [0.29, 0.717) is 44.4 Å². The van der Waals surface area contributed by atoms with Gasteiger partial charge in [0.2, 0.25) is 17.6 Å². The maximum atomic E-state index is 12.6. The average Bonchev–Trinajstić information content (AvgIpc) is 3.38. The summed E-state index contributed by atoms with van der Waals surface area (Å²) in [5, 5.41) is 6.91. The Morgan fingerprint density at radius 3 is 2.47 bits per heavy atom. The largest absolute Gasteiger partial charge is 0.497 e. The summed E-state index contributed by atoms with van der Waals surface area (Å²) in [5.74, 6) is 1.90. The molecule has 10 nitrogen and oxygen atoms in total. The second kappa shape index (κ2) is 12.2. The Bertz CT molecular complexity index is 1130. The van der Waals surface area contributed by atoms with E-state index in [-0.39, 0.29) is 18.4 Å². The minimum atomic E-state index is -0.190. The number of benzene rings is 2. The molecule has 1 N–H and O–H groups in total. The van der Waals surface area contributed by atoms with Gasteiger partial charge in [-0.3, -0.25) is 9.69 Å². The Hall–Kier alpha value is -3.92. The standard InChI is InChI=1S/C26H32N6O4/c1-30(18-20-6-4-3-5-7-20)26(34)27-13-12-24(33)32-16-14-31(15-17-32)19-23-28-25(29-36-23)21-8-10-22(35-2)11-9-21/h3-11H,12-19H2,1-2H3,(H,27,34). The number of rotatable bonds is 9. The number of hydrogen-bond acceptors (Lipinski definition) is 7. The van der Waals surface area contributed by atoms with Crippen molar-refractivity contribution in [2.45, 2.75) is 19.5 Å². The molecule has 0 saturated carbocycles. The van der Waals surface area contributed by atoms with Crippen LogP contribution in [0.4, 0.5) is 4.79 Å². The highest BCUT2D eigenvalue weighted by molar-refractivity contribution is 5.78. The lowest BCUT2D eigenvalue weighted by Crippen LogP contribution is -2.49. The molecule has 1 aliphatic heterocycles. The van der Waals surface area contributed by atoms with Crippen molar-refractivity contribution in [2.24, 2.45) is 0 Å². The van der Waals surface area contributed by atoms with Crippen molar-refractivity contribution in [1.82, 2.24) is 30.2 Å². The molecular formula is C26H32N6O4. The number of aromatic nitrogens is 2. The Morgan fingerprint density at radius 2 is 1.78 bits per heavy atom. The lowest BCUT2D eigenvalue weighted by molar-refractivity contribution is -0.132. The van der Waals surface area contributed by atoms with Crippen molar-refractivity contribution in [2.75, 3.05) is 46.9 Å². The van der Waals surface area contributed by atoms with Gasteiger partial charge in [0.05, 0.1) is 13.7 Å². The zero-order chi connectivity index (χ0) is 25.3. The van der Waals surface area contributed by atoms with Crippen LogP contribution in [0.1, 0.15) is 17.9 Å². The molecule has 0 spiro atoms. The highest BCUT2D eigenvalue weighted by Crippen LogP contribution is 2.20. The third kappa shape index (κ3) is 6.82. The number of methoxy groups -OCH3 is 1. The monoisotopic (exact) mass is 492 g/mol. The third-order valence-electron chi connectivity index (χ3n) is 6.12. The van der Waals surface area contributed by atoms with E-state index in [0.717, 1.165) is 30.0 Å². The van der Waals surface area contributed by atoms with Crippen molar-refractivity contribution in [1.29, 1.82) is 0 Å². The zero-order valence-corrected chi connectivity index (χ0v) is 20.7. The number of urea groups is 1. The van der Waals surface area contributed by atoms with Crippen molar-refractivity contribution in [3.63, 3.8) is 0 Å². The van der Waals surface area contributed by atoms with Crippen molar-refractivity contribution in [3.05, 3.63) is 66.1 Å². The predicted octanol–water partition coefficient (Wildman–Crippen LogP) is 2.62. The molecule has 0 unspecified atom stereocenters. The summed E-state index contributed by atoms with van der Waals surface area (Å²) in [6.07, 6.45) is 0.278. The van der Waals surface area contributed by atoms with Crippen LogP contribution in [0.5, 0.6) is 5.75 Å². The van der Waals surface area contributed by atoms with Crippen LogP contribution in [0.25, 0.3) is 11.4 Å². The fraction of sp³-hybridized carbons (Fsp3) is 0.385. The summed E-state index contributed by atoms with van der Waals surface area (Å²) in [4.78, 5) is 35.0. The summed E-state index contributed by atoms with van der Waals surface area (Å²) in [6, 6.07) is 17.1. The van der Waals surface area contributed by atoms with Gasteiger partial charge in [0, 0.05) is 58.3 Å². The van der Waals surface area contributed by atoms with Gasteiger partial charge in [0.25, 0.3) is 0 Å². The smallest absolute Gasteiger partial charge is 0.317 e. The molecule has 0 bridgehead atoms. The van der Waals surface area contributed by atoms with Gasteiger partial charge in [-0.2, -0.15) is 4.98 Å². The fourth-order valence-corrected chi connectivity index (χ4v) is 4.02. The summed E-state index contributed by atoms with van der Waals surface area (Å²) >= 11 is 0. The second-order valence-electron chi connectivity index (χ2n) is 8.72. The molecule has 1 fully saturated rings. The number of carbonyl (C=O) groups excluding carboxylic acids is 2. The van der Waals surface area contributed by atoms with Crippen LogP contribution in [0.3, 0.4) is 0 Å². The van der Waals surface area contributed by atoms with Crippen molar-refractivity contribution in [3.8, 4) is 17.1 Å². The predicted molar refractivity (Wildman–Crippen MR) is 134 cm³/mol. The first-order valence-electron chi connectivity index (χ1n) is 12.0. The van der Waals surface area contributed by atoms with E-state index >= 15 is 0 Å². The number of nitrogens with zero attached hydrogens (tertiary/aromatic N) is 5. The molecule has 2 heterocycles. The van der Waals surface area contributed by atoms with Crippen LogP contribution in [-0.4, -0.2) is 83.7 Å². The molecule has 1 aromatic heterocycles. The summed E-state index contributed by atoms with van der Waals surface area (Å²) in [7, 11) is 3.37. The number of hydrogen-bond donors (Lipinski definition) is 1. The van der Waals surface area contributed by atoms with Crippen molar-refractivity contribution < 1.29 is 18.8 Å². The van der Waals surface area contributed by atoms with E-state index in [9.17, 15) is 9.59 Å². The van der Waals surface area contributed by atoms with Crippen LogP contribution < -0.4 is 10.1 Å². The lowest BCUT2D eigenvalue weighted by Gasteiger charge is -2.34. The molecule has 0 atom stereocenters. The molecule has 2 aromatic carbocycles. The molecule has 0 aliphatic carbocycles. The topological polar surface area (TPSA) is 104 Å². The van der Waals surface area contributed by atoms with Crippen LogP contribution >= 0.6 is 0 Å². The number of carbonyl (C=O) groups is 2. The van der Waals surface area contributed by atoms with Crippen LogP contribution in [-0.2, 0) is 17.9 Å². The highest BCUT2D eigenvalue weighted by Gasteiger charge is 2.23. The first kappa shape index (κ1) is 25.2. The molecule has 4 rings (SSSR count). The number of nitrogens with one attached hydrogen (secondary N) is 1. The van der Waals surface area contributed by atoms with Gasteiger partial charge in [-0.15, -0.1) is 0 Å². The SMILES string of the molecule is COc1ccc(-c2noc(CN3CCN(C(=O)CCNC(=O)N(C)Cc4ccccc4)CC3)n2)cc1. The van der Waals surface area contributed by atoms with Crippen molar-refractivity contribution >= 4 is 11.9 Å². The van der Waals surface area contributed by atoms with E-state index in [1.807, 2.05) is 59.5 Å². The fourth-order valence-electron chi connectivity index (χ4n) is 4.02. The highest BCUT2D eigenvalue weighted by atomic mass is 16.5. The minimum absolute atomic E-state index is 0.0419. The van der Waals surface area contributed by atoms with Crippen LogP contribution in [0.2, 0.25) is 0 Å². The maximum Gasteiger partial charge on any atom is 0.317 e. The minimum Gasteiger partial charge on any atom is -0.497 e. The average molecular weight is 493 g/mol. The molecule has 36 heavy (non-hydrogen) atoms. The molecule has 190 valence electrons. The Labute approximate surface area is 210 Å². The Morgan fingerprint density at radius 1 is 1.06 bits per heavy atom. The van der Waals surface area contributed by atoms with Crippen LogP contribution in [0, 0.1) is 0 Å². The van der Waals surface area contributed by atoms with Crippen LogP contribution in [0.15, 0.2) is 59.1 Å². The lowest BCUT2D eigenvalue weighted by atomic mass is 10.2. The molecule has 3 aromatic rings. The van der Waals surface area contributed by atoms with Gasteiger partial charge in [0.15, 0.2) is 0 Å². The number of ether oxygens (including phenoxy) is 1. The molecule has 1 aliphatic rings. The number of amides is 3. The molecule has 1 saturated heterocycles. The number of piperazine rings is 1. The second-order valence-corrected chi connectivity index (χ2v) is 8.72. The molecule has 3 amide bonds. The maximum absolute atomic E-state index is 12.6. The van der Waals surface area contributed by atoms with E-state index in [4.69, 9.17) is 9.26 Å². The quantitative estimate of drug-likeness (QED) is 0.490. The third-order valence-corrected chi connectivity index (χ3v) is 6.12. The van der Waals surface area contributed by atoms with Gasteiger partial charge in [-0.25, -0.2) is 4.79 Å². The van der Waals surface area contributed by atoms with Gasteiger partial charge in [0.1, 0.15) is 5.75 Å². The van der Waals surface area contributed by atoms with E-state index in [1.165, 1.54) is 0 Å². The summed E-state index contributed by atoms with van der Waals surface area (Å²) in [5.41, 5.74) is 1.92. The normalized spacial score (nSPS) is 13.9. The van der Waals surface area contributed by atoms with Gasteiger partial charge in [-0.1, -0.05) is 35.5 Å². The molecular weight excluding hydrogens is 460 g/mol.